The third-order valence-corrected chi connectivity index (χ3v) is 2.75. The molecule has 0 aliphatic carbocycles. The molecule has 2 aromatic rings. The summed E-state index contributed by atoms with van der Waals surface area (Å²) in [6.07, 6.45) is 0.471. The molecule has 1 aromatic carbocycles. The van der Waals surface area contributed by atoms with Crippen LogP contribution < -0.4 is 10.1 Å². The zero-order chi connectivity index (χ0) is 15.1. The Morgan fingerprint density at radius 3 is 2.71 bits per heavy atom. The molecule has 0 spiro atoms. The minimum Gasteiger partial charge on any atom is -0.497 e. The van der Waals surface area contributed by atoms with Gasteiger partial charge in [-0.2, -0.15) is 4.98 Å². The van der Waals surface area contributed by atoms with Gasteiger partial charge in [0.2, 0.25) is 17.6 Å². The van der Waals surface area contributed by atoms with Crippen LogP contribution in [0.5, 0.6) is 5.75 Å². The first-order chi connectivity index (χ1) is 10.2. The molecule has 2 rings (SSSR count). The highest BCUT2D eigenvalue weighted by Crippen LogP contribution is 2.19. The number of nitrogens with zero attached hydrogens (tertiary/aromatic N) is 2. The lowest BCUT2D eigenvalue weighted by molar-refractivity contribution is -0.124. The molecule has 0 aliphatic rings. The second-order valence-corrected chi connectivity index (χ2v) is 4.27. The van der Waals surface area contributed by atoms with Gasteiger partial charge in [0.1, 0.15) is 12.4 Å². The molecule has 0 aliphatic heterocycles. The van der Waals surface area contributed by atoms with Crippen LogP contribution in [0.25, 0.3) is 11.4 Å². The van der Waals surface area contributed by atoms with Gasteiger partial charge in [-0.05, 0) is 24.3 Å². The lowest BCUT2D eigenvalue weighted by Gasteiger charge is -2.01. The van der Waals surface area contributed by atoms with E-state index in [-0.39, 0.29) is 12.5 Å². The molecule has 1 amide bonds. The maximum absolute atomic E-state index is 11.2. The van der Waals surface area contributed by atoms with Gasteiger partial charge in [-0.3, -0.25) is 4.79 Å². The molecule has 7 heteroatoms. The van der Waals surface area contributed by atoms with E-state index < -0.39 is 0 Å². The predicted molar refractivity (Wildman–Crippen MR) is 74.9 cm³/mol. The minimum atomic E-state index is -0.174. The molecule has 21 heavy (non-hydrogen) atoms. The van der Waals surface area contributed by atoms with Crippen LogP contribution >= 0.6 is 0 Å². The molecular formula is C14H17N3O4. The highest BCUT2D eigenvalue weighted by molar-refractivity contribution is 5.77. The Bertz CT molecular complexity index is 580. The molecule has 0 saturated carbocycles. The van der Waals surface area contributed by atoms with Gasteiger partial charge in [0.25, 0.3) is 0 Å². The summed E-state index contributed by atoms with van der Waals surface area (Å²) in [4.78, 5) is 15.5. The molecule has 0 unspecified atom stereocenters. The summed E-state index contributed by atoms with van der Waals surface area (Å²) < 4.78 is 14.9. The van der Waals surface area contributed by atoms with E-state index in [2.05, 4.69) is 15.5 Å². The second-order valence-electron chi connectivity index (χ2n) is 4.27. The molecule has 7 nitrogen and oxygen atoms in total. The van der Waals surface area contributed by atoms with Crippen LogP contribution in [0.1, 0.15) is 5.89 Å². The van der Waals surface area contributed by atoms with Gasteiger partial charge in [0.15, 0.2) is 0 Å². The van der Waals surface area contributed by atoms with E-state index in [9.17, 15) is 4.79 Å². The number of ether oxygens (including phenoxy) is 2. The van der Waals surface area contributed by atoms with Gasteiger partial charge in [0.05, 0.1) is 7.11 Å². The average molecular weight is 291 g/mol. The topological polar surface area (TPSA) is 86.5 Å². The number of benzene rings is 1. The van der Waals surface area contributed by atoms with E-state index >= 15 is 0 Å². The molecule has 0 radical (unpaired) electrons. The monoisotopic (exact) mass is 291 g/mol. The van der Waals surface area contributed by atoms with Gasteiger partial charge >= 0.3 is 0 Å². The van der Waals surface area contributed by atoms with Gasteiger partial charge in [-0.25, -0.2) is 0 Å². The second kappa shape index (κ2) is 7.39. The quantitative estimate of drug-likeness (QED) is 0.820. The van der Waals surface area contributed by atoms with Gasteiger partial charge < -0.3 is 19.3 Å². The van der Waals surface area contributed by atoms with Crippen molar-refractivity contribution in [3.8, 4) is 17.1 Å². The molecule has 1 heterocycles. The molecule has 0 atom stereocenters. The summed E-state index contributed by atoms with van der Waals surface area (Å²) in [5.41, 5.74) is 0.842. The van der Waals surface area contributed by atoms with Crippen molar-refractivity contribution in [2.24, 2.45) is 0 Å². The Morgan fingerprint density at radius 2 is 2.05 bits per heavy atom. The Hall–Kier alpha value is -2.41. The number of hydrogen-bond acceptors (Lipinski definition) is 6. The Kier molecular flexibility index (Phi) is 5.28. The van der Waals surface area contributed by atoms with E-state index in [1.807, 2.05) is 24.3 Å². The van der Waals surface area contributed by atoms with Crippen molar-refractivity contribution in [1.29, 1.82) is 0 Å². The molecule has 0 fully saturated rings. The molecule has 112 valence electrons. The van der Waals surface area contributed by atoms with E-state index in [1.54, 1.807) is 7.11 Å². The van der Waals surface area contributed by atoms with Gasteiger partial charge in [-0.15, -0.1) is 0 Å². The Balaban J connectivity index is 1.90. The van der Waals surface area contributed by atoms with Crippen LogP contribution in [0.2, 0.25) is 0 Å². The summed E-state index contributed by atoms with van der Waals surface area (Å²) >= 11 is 0. The van der Waals surface area contributed by atoms with Crippen molar-refractivity contribution in [2.75, 3.05) is 27.4 Å². The van der Waals surface area contributed by atoms with Crippen LogP contribution in [0.4, 0.5) is 0 Å². The fourth-order valence-corrected chi connectivity index (χ4v) is 1.70. The average Bonchev–Trinajstić information content (AvgIpc) is 2.96. The Morgan fingerprint density at radius 1 is 1.29 bits per heavy atom. The SMILES string of the molecule is COCC(=O)NCCc1nc(-c2ccc(OC)cc2)no1. The smallest absolute Gasteiger partial charge is 0.245 e. The molecule has 0 saturated heterocycles. The van der Waals surface area contributed by atoms with Gasteiger partial charge in [-0.1, -0.05) is 5.16 Å². The molecule has 0 bridgehead atoms. The summed E-state index contributed by atoms with van der Waals surface area (Å²) in [7, 11) is 3.08. The maximum Gasteiger partial charge on any atom is 0.245 e. The van der Waals surface area contributed by atoms with Crippen LogP contribution in [0.3, 0.4) is 0 Å². The standard InChI is InChI=1S/C14H17N3O4/c1-19-9-12(18)15-8-7-13-16-14(17-21-13)10-3-5-11(20-2)6-4-10/h3-6H,7-9H2,1-2H3,(H,15,18). The first kappa shape index (κ1) is 15.0. The number of hydrogen-bond donors (Lipinski definition) is 1. The summed E-state index contributed by atoms with van der Waals surface area (Å²) in [5.74, 6) is 1.57. The number of amides is 1. The molecule has 1 N–H and O–H groups in total. The van der Waals surface area contributed by atoms with Crippen LogP contribution in [0, 0.1) is 0 Å². The zero-order valence-corrected chi connectivity index (χ0v) is 12.0. The highest BCUT2D eigenvalue weighted by atomic mass is 16.5. The number of carbonyl (C=O) groups excluding carboxylic acids is 1. The first-order valence-corrected chi connectivity index (χ1v) is 6.45. The van der Waals surface area contributed by atoms with Crippen LogP contribution in [0.15, 0.2) is 28.8 Å². The lowest BCUT2D eigenvalue weighted by Crippen LogP contribution is -2.29. The van der Waals surface area contributed by atoms with Crippen LogP contribution in [-0.4, -0.2) is 43.4 Å². The van der Waals surface area contributed by atoms with E-state index in [0.717, 1.165) is 11.3 Å². The number of carbonyl (C=O) groups is 1. The van der Waals surface area contributed by atoms with Crippen molar-refractivity contribution in [3.05, 3.63) is 30.2 Å². The van der Waals surface area contributed by atoms with Gasteiger partial charge in [0, 0.05) is 25.6 Å². The third kappa shape index (κ3) is 4.28. The predicted octanol–water partition coefficient (Wildman–Crippen LogP) is 1.05. The summed E-state index contributed by atoms with van der Waals surface area (Å²) in [6, 6.07) is 7.37. The van der Waals surface area contributed by atoms with Crippen molar-refractivity contribution in [3.63, 3.8) is 0 Å². The highest BCUT2D eigenvalue weighted by Gasteiger charge is 2.09. The number of methoxy groups -OCH3 is 2. The fourth-order valence-electron chi connectivity index (χ4n) is 1.70. The third-order valence-electron chi connectivity index (χ3n) is 2.75. The molecular weight excluding hydrogens is 274 g/mol. The molecule has 1 aromatic heterocycles. The number of rotatable bonds is 7. The van der Waals surface area contributed by atoms with Crippen molar-refractivity contribution >= 4 is 5.91 Å². The van der Waals surface area contributed by atoms with E-state index in [4.69, 9.17) is 14.0 Å². The van der Waals surface area contributed by atoms with Crippen molar-refractivity contribution in [1.82, 2.24) is 15.5 Å². The van der Waals surface area contributed by atoms with E-state index in [0.29, 0.717) is 24.7 Å². The maximum atomic E-state index is 11.2. The normalized spacial score (nSPS) is 10.4. The summed E-state index contributed by atoms with van der Waals surface area (Å²) in [6.45, 7) is 0.466. The Labute approximate surface area is 122 Å². The first-order valence-electron chi connectivity index (χ1n) is 6.45. The minimum absolute atomic E-state index is 0.0426. The van der Waals surface area contributed by atoms with Crippen molar-refractivity contribution in [2.45, 2.75) is 6.42 Å². The van der Waals surface area contributed by atoms with Crippen molar-refractivity contribution < 1.29 is 18.8 Å². The summed E-state index contributed by atoms with van der Waals surface area (Å²) in [5, 5.41) is 6.60. The lowest BCUT2D eigenvalue weighted by atomic mass is 10.2. The van der Waals surface area contributed by atoms with Crippen LogP contribution in [-0.2, 0) is 16.0 Å². The largest absolute Gasteiger partial charge is 0.497 e. The number of aromatic nitrogens is 2. The fraction of sp³-hybridized carbons (Fsp3) is 0.357. The zero-order valence-electron chi connectivity index (χ0n) is 12.0. The number of nitrogens with one attached hydrogen (secondary N) is 1. The van der Waals surface area contributed by atoms with E-state index in [1.165, 1.54) is 7.11 Å².